The van der Waals surface area contributed by atoms with E-state index in [1.807, 2.05) is 31.2 Å². The third kappa shape index (κ3) is 1.78. The molecule has 0 aliphatic rings. The van der Waals surface area contributed by atoms with Crippen molar-refractivity contribution in [2.24, 2.45) is 4.99 Å². The topological polar surface area (TPSA) is 36.2 Å². The Balaban J connectivity index is 3.10. The molecule has 0 atom stereocenters. The van der Waals surface area contributed by atoms with E-state index < -0.39 is 0 Å². The quantitative estimate of drug-likeness (QED) is 0.643. The number of nitrogens with zero attached hydrogens (tertiary/aromatic N) is 1. The lowest BCUT2D eigenvalue weighted by atomic mass is 10.1. The summed E-state index contributed by atoms with van der Waals surface area (Å²) < 4.78 is 0. The van der Waals surface area contributed by atoms with Gasteiger partial charge in [-0.2, -0.15) is 0 Å². The van der Waals surface area contributed by atoms with Gasteiger partial charge in [0.15, 0.2) is 0 Å². The number of benzene rings is 1. The van der Waals surface area contributed by atoms with Gasteiger partial charge in [-0.25, -0.2) is 0 Å². The highest BCUT2D eigenvalue weighted by molar-refractivity contribution is 6.37. The Morgan fingerprint density at radius 2 is 2.25 bits per heavy atom. The summed E-state index contributed by atoms with van der Waals surface area (Å²) in [5.41, 5.74) is 2.92. The van der Waals surface area contributed by atoms with Crippen molar-refractivity contribution >= 4 is 11.9 Å². The van der Waals surface area contributed by atoms with Crippen LogP contribution in [-0.4, -0.2) is 19.0 Å². The molecular formula is C10H12N2. The van der Waals surface area contributed by atoms with Crippen molar-refractivity contribution in [2.75, 3.05) is 7.05 Å². The fraction of sp³-hybridized carbons (Fsp3) is 0.200. The lowest BCUT2D eigenvalue weighted by Crippen LogP contribution is -2.01. The lowest BCUT2D eigenvalue weighted by molar-refractivity contribution is 1.41. The summed E-state index contributed by atoms with van der Waals surface area (Å²) in [6.07, 6.45) is 1.27. The molecule has 1 N–H and O–H groups in total. The first-order chi connectivity index (χ1) is 5.77. The molecule has 0 amide bonds. The fourth-order valence-electron chi connectivity index (χ4n) is 1.08. The van der Waals surface area contributed by atoms with Crippen molar-refractivity contribution in [1.82, 2.24) is 0 Å². The molecule has 12 heavy (non-hydrogen) atoms. The normalized spacial score (nSPS) is 11.3. The van der Waals surface area contributed by atoms with Crippen molar-refractivity contribution < 1.29 is 0 Å². The Kier molecular flexibility index (Phi) is 2.75. The van der Waals surface area contributed by atoms with Gasteiger partial charge in [0.05, 0.1) is 5.71 Å². The summed E-state index contributed by atoms with van der Waals surface area (Å²) in [5.74, 6) is 0. The van der Waals surface area contributed by atoms with Crippen LogP contribution in [0.2, 0.25) is 0 Å². The Morgan fingerprint density at radius 3 is 2.75 bits per heavy atom. The predicted molar refractivity (Wildman–Crippen MR) is 52.4 cm³/mol. The van der Waals surface area contributed by atoms with Crippen LogP contribution in [0.1, 0.15) is 11.1 Å². The second-order valence-electron chi connectivity index (χ2n) is 2.62. The van der Waals surface area contributed by atoms with Crippen LogP contribution in [-0.2, 0) is 0 Å². The standard InChI is InChI=1S/C10H12N2/c1-8-4-3-5-9(6-8)10(7-11)12-2/h3-7,11H,1-2H3. The Bertz CT molecular complexity index is 313. The molecular weight excluding hydrogens is 148 g/mol. The molecule has 0 aliphatic carbocycles. The molecule has 1 aromatic rings. The van der Waals surface area contributed by atoms with Crippen LogP contribution in [0, 0.1) is 12.3 Å². The van der Waals surface area contributed by atoms with E-state index in [-0.39, 0.29) is 0 Å². The first-order valence-corrected chi connectivity index (χ1v) is 3.82. The van der Waals surface area contributed by atoms with Crippen molar-refractivity contribution in [3.05, 3.63) is 35.4 Å². The highest BCUT2D eigenvalue weighted by Gasteiger charge is 1.97. The third-order valence-corrected chi connectivity index (χ3v) is 1.69. The second kappa shape index (κ2) is 3.81. The number of aliphatic imine (C=N–C) groups is 1. The van der Waals surface area contributed by atoms with Gasteiger partial charge in [0, 0.05) is 18.8 Å². The van der Waals surface area contributed by atoms with E-state index >= 15 is 0 Å². The van der Waals surface area contributed by atoms with Gasteiger partial charge in [0.2, 0.25) is 0 Å². The number of rotatable bonds is 2. The van der Waals surface area contributed by atoms with Crippen molar-refractivity contribution in [1.29, 1.82) is 5.41 Å². The molecule has 0 saturated heterocycles. The zero-order valence-electron chi connectivity index (χ0n) is 7.33. The van der Waals surface area contributed by atoms with E-state index in [2.05, 4.69) is 4.99 Å². The van der Waals surface area contributed by atoms with E-state index in [9.17, 15) is 0 Å². The predicted octanol–water partition coefficient (Wildman–Crippen LogP) is 2.06. The highest BCUT2D eigenvalue weighted by Crippen LogP contribution is 2.04. The molecule has 62 valence electrons. The van der Waals surface area contributed by atoms with Crippen LogP contribution in [0.4, 0.5) is 0 Å². The molecule has 2 heteroatoms. The molecule has 0 bridgehead atoms. The van der Waals surface area contributed by atoms with Crippen molar-refractivity contribution in [3.8, 4) is 0 Å². The third-order valence-electron chi connectivity index (χ3n) is 1.69. The summed E-state index contributed by atoms with van der Waals surface area (Å²) in [4.78, 5) is 3.99. The fourth-order valence-corrected chi connectivity index (χ4v) is 1.08. The molecule has 0 radical (unpaired) electrons. The number of aryl methyl sites for hydroxylation is 1. The van der Waals surface area contributed by atoms with E-state index in [1.165, 1.54) is 11.8 Å². The van der Waals surface area contributed by atoms with Gasteiger partial charge in [0.1, 0.15) is 0 Å². The van der Waals surface area contributed by atoms with Gasteiger partial charge in [-0.05, 0) is 13.0 Å². The highest BCUT2D eigenvalue weighted by atomic mass is 14.7. The van der Waals surface area contributed by atoms with Crippen LogP contribution in [0.15, 0.2) is 29.3 Å². The van der Waals surface area contributed by atoms with Gasteiger partial charge >= 0.3 is 0 Å². The zero-order chi connectivity index (χ0) is 8.97. The van der Waals surface area contributed by atoms with Crippen molar-refractivity contribution in [2.45, 2.75) is 6.92 Å². The summed E-state index contributed by atoms with van der Waals surface area (Å²) in [6.45, 7) is 2.03. The Hall–Kier alpha value is -1.44. The van der Waals surface area contributed by atoms with Gasteiger partial charge in [-0.1, -0.05) is 23.8 Å². The minimum atomic E-state index is 0.721. The van der Waals surface area contributed by atoms with Gasteiger partial charge in [-0.15, -0.1) is 0 Å². The van der Waals surface area contributed by atoms with Crippen LogP contribution in [0.5, 0.6) is 0 Å². The zero-order valence-corrected chi connectivity index (χ0v) is 7.33. The van der Waals surface area contributed by atoms with E-state index in [0.29, 0.717) is 0 Å². The van der Waals surface area contributed by atoms with Crippen molar-refractivity contribution in [3.63, 3.8) is 0 Å². The largest absolute Gasteiger partial charge is 0.306 e. The van der Waals surface area contributed by atoms with Gasteiger partial charge < -0.3 is 5.41 Å². The second-order valence-corrected chi connectivity index (χ2v) is 2.62. The van der Waals surface area contributed by atoms with E-state index in [1.54, 1.807) is 7.05 Å². The Morgan fingerprint density at radius 1 is 1.50 bits per heavy atom. The van der Waals surface area contributed by atoms with E-state index in [4.69, 9.17) is 5.41 Å². The number of nitrogens with one attached hydrogen (secondary N) is 1. The summed E-state index contributed by atoms with van der Waals surface area (Å²) in [6, 6.07) is 7.98. The number of hydrogen-bond acceptors (Lipinski definition) is 2. The van der Waals surface area contributed by atoms with Gasteiger partial charge in [-0.3, -0.25) is 4.99 Å². The summed E-state index contributed by atoms with van der Waals surface area (Å²) in [5, 5.41) is 7.11. The maximum absolute atomic E-state index is 7.11. The lowest BCUT2D eigenvalue weighted by Gasteiger charge is -1.99. The molecule has 0 fully saturated rings. The average molecular weight is 160 g/mol. The van der Waals surface area contributed by atoms with Crippen LogP contribution < -0.4 is 0 Å². The molecule has 2 nitrogen and oxygen atoms in total. The molecule has 0 saturated carbocycles. The first-order valence-electron chi connectivity index (χ1n) is 3.82. The minimum absolute atomic E-state index is 0.721. The van der Waals surface area contributed by atoms with E-state index in [0.717, 1.165) is 11.3 Å². The first kappa shape index (κ1) is 8.65. The van der Waals surface area contributed by atoms with Crippen LogP contribution >= 0.6 is 0 Å². The molecule has 1 aromatic carbocycles. The minimum Gasteiger partial charge on any atom is -0.306 e. The van der Waals surface area contributed by atoms with Gasteiger partial charge in [0.25, 0.3) is 0 Å². The average Bonchev–Trinajstić information content (AvgIpc) is 2.07. The molecule has 0 aliphatic heterocycles. The maximum atomic E-state index is 7.11. The molecule has 1 rings (SSSR count). The summed E-state index contributed by atoms with van der Waals surface area (Å²) >= 11 is 0. The molecule has 0 aromatic heterocycles. The van der Waals surface area contributed by atoms with Crippen LogP contribution in [0.25, 0.3) is 0 Å². The SMILES string of the molecule is CN=C(C=N)c1cccc(C)c1. The molecule has 0 heterocycles. The summed E-state index contributed by atoms with van der Waals surface area (Å²) in [7, 11) is 1.70. The Labute approximate surface area is 72.5 Å². The molecule has 0 unspecified atom stereocenters. The smallest absolute Gasteiger partial charge is 0.0818 e. The maximum Gasteiger partial charge on any atom is 0.0818 e. The number of hydrogen-bond donors (Lipinski definition) is 1. The monoisotopic (exact) mass is 160 g/mol. The molecule has 0 spiro atoms. The van der Waals surface area contributed by atoms with Crippen LogP contribution in [0.3, 0.4) is 0 Å².